The van der Waals surface area contributed by atoms with Gasteiger partial charge in [-0.2, -0.15) is 0 Å². The molecule has 4 aromatic rings. The van der Waals surface area contributed by atoms with Crippen LogP contribution in [0.4, 0.5) is 0 Å². The third kappa shape index (κ3) is 2.10. The van der Waals surface area contributed by atoms with Crippen molar-refractivity contribution in [2.24, 2.45) is 0 Å². The average Bonchev–Trinajstić information content (AvgIpc) is 3.05. The number of ether oxygens (including phenoxy) is 1. The van der Waals surface area contributed by atoms with Gasteiger partial charge in [0.1, 0.15) is 23.1 Å². The second-order valence-corrected chi connectivity index (χ2v) is 6.52. The first kappa shape index (κ1) is 15.1. The summed E-state index contributed by atoms with van der Waals surface area (Å²) in [5.41, 5.74) is 6.66. The zero-order valence-corrected chi connectivity index (χ0v) is 15.1. The summed E-state index contributed by atoms with van der Waals surface area (Å²) in [6.07, 6.45) is 1.70. The van der Waals surface area contributed by atoms with Crippen LogP contribution in [0.15, 0.2) is 41.1 Å². The minimum Gasteiger partial charge on any atom is -0.494 e. The van der Waals surface area contributed by atoms with Gasteiger partial charge < -0.3 is 4.74 Å². The van der Waals surface area contributed by atoms with E-state index in [9.17, 15) is 0 Å². The largest absolute Gasteiger partial charge is 0.494 e. The molecule has 6 heteroatoms. The maximum absolute atomic E-state index is 5.60. The van der Waals surface area contributed by atoms with Crippen molar-refractivity contribution < 1.29 is 4.74 Å². The van der Waals surface area contributed by atoms with Gasteiger partial charge in [-0.3, -0.25) is 4.40 Å². The highest BCUT2D eigenvalue weighted by molar-refractivity contribution is 9.10. The summed E-state index contributed by atoms with van der Waals surface area (Å²) in [5, 5.41) is 8.21. The molecule has 4 rings (SSSR count). The lowest BCUT2D eigenvalue weighted by molar-refractivity contribution is 0.418. The SMILES string of the molecule is COc1cc(Br)c(-c2ccccc2C)c2nc(C)c3nncn3c12. The molecule has 0 spiro atoms. The first-order chi connectivity index (χ1) is 11.6. The number of methoxy groups -OCH3 is 1. The first-order valence-corrected chi connectivity index (χ1v) is 8.33. The molecule has 0 aliphatic heterocycles. The Morgan fingerprint density at radius 1 is 1.17 bits per heavy atom. The van der Waals surface area contributed by atoms with E-state index in [4.69, 9.17) is 9.72 Å². The van der Waals surface area contributed by atoms with E-state index in [2.05, 4.69) is 45.2 Å². The molecule has 24 heavy (non-hydrogen) atoms. The van der Waals surface area contributed by atoms with Gasteiger partial charge in [-0.25, -0.2) is 4.98 Å². The molecule has 0 bridgehead atoms. The van der Waals surface area contributed by atoms with E-state index in [0.29, 0.717) is 0 Å². The first-order valence-electron chi connectivity index (χ1n) is 7.54. The van der Waals surface area contributed by atoms with E-state index in [1.54, 1.807) is 13.4 Å². The number of halogens is 1. The van der Waals surface area contributed by atoms with Gasteiger partial charge in [-0.15, -0.1) is 10.2 Å². The molecule has 0 N–H and O–H groups in total. The Labute approximate surface area is 147 Å². The number of aromatic nitrogens is 4. The summed E-state index contributed by atoms with van der Waals surface area (Å²) in [6, 6.07) is 10.3. The molecule has 2 aromatic heterocycles. The van der Waals surface area contributed by atoms with Crippen LogP contribution in [0.2, 0.25) is 0 Å². The highest BCUT2D eigenvalue weighted by Crippen LogP contribution is 2.41. The molecule has 0 saturated heterocycles. The van der Waals surface area contributed by atoms with Crippen molar-refractivity contribution in [1.82, 2.24) is 19.6 Å². The summed E-state index contributed by atoms with van der Waals surface area (Å²) in [7, 11) is 1.66. The van der Waals surface area contributed by atoms with Gasteiger partial charge in [0.25, 0.3) is 0 Å². The number of rotatable bonds is 2. The molecule has 0 fully saturated rings. The van der Waals surface area contributed by atoms with Gasteiger partial charge in [-0.05, 0) is 47.0 Å². The number of hydrogen-bond acceptors (Lipinski definition) is 4. The van der Waals surface area contributed by atoms with Gasteiger partial charge in [0, 0.05) is 10.0 Å². The zero-order valence-electron chi connectivity index (χ0n) is 13.5. The van der Waals surface area contributed by atoms with Gasteiger partial charge in [0.15, 0.2) is 5.65 Å². The number of aryl methyl sites for hydroxylation is 2. The van der Waals surface area contributed by atoms with Crippen LogP contribution in [0.3, 0.4) is 0 Å². The van der Waals surface area contributed by atoms with Crippen molar-refractivity contribution >= 4 is 32.6 Å². The lowest BCUT2D eigenvalue weighted by Crippen LogP contribution is -2.00. The normalized spacial score (nSPS) is 11.3. The van der Waals surface area contributed by atoms with Crippen LogP contribution >= 0.6 is 15.9 Å². The Morgan fingerprint density at radius 2 is 1.96 bits per heavy atom. The summed E-state index contributed by atoms with van der Waals surface area (Å²) >= 11 is 3.70. The highest BCUT2D eigenvalue weighted by atomic mass is 79.9. The van der Waals surface area contributed by atoms with Crippen molar-refractivity contribution in [3.8, 4) is 16.9 Å². The second kappa shape index (κ2) is 5.56. The molecule has 5 nitrogen and oxygen atoms in total. The van der Waals surface area contributed by atoms with Crippen LogP contribution in [0.5, 0.6) is 5.75 Å². The molecule has 120 valence electrons. The molecular weight excluding hydrogens is 368 g/mol. The van der Waals surface area contributed by atoms with Crippen molar-refractivity contribution in [3.63, 3.8) is 0 Å². The Kier molecular flexibility index (Phi) is 3.49. The Hall–Kier alpha value is -2.47. The van der Waals surface area contributed by atoms with Gasteiger partial charge in [0.2, 0.25) is 0 Å². The van der Waals surface area contributed by atoms with Crippen molar-refractivity contribution in [2.45, 2.75) is 13.8 Å². The molecule has 2 aromatic carbocycles. The minimum atomic E-state index is 0.728. The van der Waals surface area contributed by atoms with Crippen molar-refractivity contribution in [3.05, 3.63) is 52.4 Å². The van der Waals surface area contributed by atoms with E-state index in [-0.39, 0.29) is 0 Å². The van der Waals surface area contributed by atoms with Crippen molar-refractivity contribution in [1.29, 1.82) is 0 Å². The fourth-order valence-corrected chi connectivity index (χ4v) is 3.68. The van der Waals surface area contributed by atoms with Crippen LogP contribution in [0.1, 0.15) is 11.3 Å². The molecule has 0 amide bonds. The van der Waals surface area contributed by atoms with E-state index < -0.39 is 0 Å². The van der Waals surface area contributed by atoms with Crippen molar-refractivity contribution in [2.75, 3.05) is 7.11 Å². The summed E-state index contributed by atoms with van der Waals surface area (Å²) in [6.45, 7) is 4.04. The van der Waals surface area contributed by atoms with Crippen LogP contribution in [0.25, 0.3) is 27.8 Å². The molecule has 0 aliphatic carbocycles. The smallest absolute Gasteiger partial charge is 0.182 e. The van der Waals surface area contributed by atoms with Crippen LogP contribution in [0, 0.1) is 13.8 Å². The fraction of sp³-hybridized carbons (Fsp3) is 0.167. The van der Waals surface area contributed by atoms with E-state index in [1.807, 2.05) is 29.5 Å². The third-order valence-corrected chi connectivity index (χ3v) is 4.84. The Balaban J connectivity index is 2.25. The van der Waals surface area contributed by atoms with Crippen LogP contribution in [-0.4, -0.2) is 26.7 Å². The molecule has 2 heterocycles. The van der Waals surface area contributed by atoms with E-state index in [0.717, 1.165) is 43.7 Å². The lowest BCUT2D eigenvalue weighted by atomic mass is 9.98. The minimum absolute atomic E-state index is 0.728. The predicted octanol–water partition coefficient (Wildman–Crippen LogP) is 4.33. The van der Waals surface area contributed by atoms with Crippen LogP contribution in [-0.2, 0) is 0 Å². The molecular formula is C18H15BrN4O. The number of hydrogen-bond donors (Lipinski definition) is 0. The second-order valence-electron chi connectivity index (χ2n) is 5.67. The fourth-order valence-electron chi connectivity index (χ4n) is 3.07. The summed E-state index contributed by atoms with van der Waals surface area (Å²) in [5.74, 6) is 0.728. The van der Waals surface area contributed by atoms with Gasteiger partial charge in [-0.1, -0.05) is 24.3 Å². The molecule has 0 aliphatic rings. The average molecular weight is 383 g/mol. The molecule has 0 unspecified atom stereocenters. The highest BCUT2D eigenvalue weighted by Gasteiger charge is 2.19. The summed E-state index contributed by atoms with van der Waals surface area (Å²) < 4.78 is 8.48. The standard InChI is InChI=1S/C18H15BrN4O/c1-10-6-4-5-7-12(10)15-13(19)8-14(24-3)17-16(15)21-11(2)18-22-20-9-23(17)18/h4-9H,1-3H3. The Bertz CT molecular complexity index is 1090. The van der Waals surface area contributed by atoms with Crippen LogP contribution < -0.4 is 4.74 Å². The monoisotopic (exact) mass is 382 g/mol. The Morgan fingerprint density at radius 3 is 2.71 bits per heavy atom. The number of fused-ring (bicyclic) bond motifs is 3. The van der Waals surface area contributed by atoms with E-state index >= 15 is 0 Å². The third-order valence-electron chi connectivity index (χ3n) is 4.22. The number of benzene rings is 2. The lowest BCUT2D eigenvalue weighted by Gasteiger charge is -2.15. The quantitative estimate of drug-likeness (QED) is 0.517. The maximum atomic E-state index is 5.60. The number of nitrogens with zero attached hydrogens (tertiary/aromatic N) is 4. The predicted molar refractivity (Wildman–Crippen MR) is 97.5 cm³/mol. The molecule has 0 saturated carbocycles. The van der Waals surface area contributed by atoms with E-state index in [1.165, 1.54) is 5.56 Å². The zero-order chi connectivity index (χ0) is 16.8. The topological polar surface area (TPSA) is 52.3 Å². The summed E-state index contributed by atoms with van der Waals surface area (Å²) in [4.78, 5) is 4.83. The van der Waals surface area contributed by atoms with Gasteiger partial charge in [0.05, 0.1) is 12.8 Å². The molecule has 0 atom stereocenters. The molecule has 0 radical (unpaired) electrons. The maximum Gasteiger partial charge on any atom is 0.182 e. The van der Waals surface area contributed by atoms with Gasteiger partial charge >= 0.3 is 0 Å².